The fourth-order valence-corrected chi connectivity index (χ4v) is 2.54. The van der Waals surface area contributed by atoms with Crippen LogP contribution in [0, 0.1) is 0 Å². The summed E-state index contributed by atoms with van der Waals surface area (Å²) in [5, 5.41) is 0. The van der Waals surface area contributed by atoms with E-state index in [0.29, 0.717) is 12.6 Å². The largest absolute Gasteiger partial charge is 0.496 e. The first-order chi connectivity index (χ1) is 8.19. The van der Waals surface area contributed by atoms with Crippen molar-refractivity contribution in [1.82, 2.24) is 0 Å². The fraction of sp³-hybridized carbons (Fsp3) is 0.538. The Hall–Kier alpha value is -1.26. The quantitative estimate of drug-likeness (QED) is 0.811. The molecular weight excluding hydrogens is 216 g/mol. The zero-order valence-corrected chi connectivity index (χ0v) is 10.6. The number of nitrogens with zero attached hydrogens (tertiary/aromatic N) is 1. The summed E-state index contributed by atoms with van der Waals surface area (Å²) in [6.07, 6.45) is 0. The summed E-state index contributed by atoms with van der Waals surface area (Å²) in [5.41, 5.74) is 2.45. The van der Waals surface area contributed by atoms with E-state index in [0.717, 1.165) is 12.3 Å². The molecule has 0 radical (unpaired) electrons. The summed E-state index contributed by atoms with van der Waals surface area (Å²) in [5.74, 6) is 6.43. The highest BCUT2D eigenvalue weighted by molar-refractivity contribution is 5.66. The van der Waals surface area contributed by atoms with Gasteiger partial charge in [0.25, 0.3) is 0 Å². The number of ether oxygens (including phenoxy) is 1. The van der Waals surface area contributed by atoms with E-state index in [1.54, 1.807) is 7.11 Å². The van der Waals surface area contributed by atoms with E-state index in [4.69, 9.17) is 15.5 Å². The lowest BCUT2D eigenvalue weighted by atomic mass is 10.0. The van der Waals surface area contributed by atoms with Crippen molar-refractivity contribution in [3.8, 4) is 5.75 Å². The van der Waals surface area contributed by atoms with Crippen LogP contribution in [-0.4, -0.2) is 26.3 Å². The lowest BCUT2D eigenvalue weighted by Crippen LogP contribution is -2.30. The lowest BCUT2D eigenvalue weighted by molar-refractivity contribution is 0.125. The number of hydrogen-bond acceptors (Lipinski definition) is 4. The predicted octanol–water partition coefficient (Wildman–Crippen LogP) is 1.90. The molecule has 0 bridgehead atoms. The van der Waals surface area contributed by atoms with Crippen LogP contribution in [0.2, 0.25) is 0 Å². The summed E-state index contributed by atoms with van der Waals surface area (Å²) < 4.78 is 5.44. The van der Waals surface area contributed by atoms with E-state index >= 15 is 0 Å². The van der Waals surface area contributed by atoms with Crippen molar-refractivity contribution >= 4 is 5.69 Å². The second-order valence-electron chi connectivity index (χ2n) is 4.67. The van der Waals surface area contributed by atoms with Gasteiger partial charge in [-0.2, -0.15) is 0 Å². The number of rotatable bonds is 4. The Balaban J connectivity index is 2.43. The molecule has 1 heterocycles. The van der Waals surface area contributed by atoms with Crippen LogP contribution in [0.3, 0.4) is 0 Å². The molecule has 1 atom stereocenters. The number of methoxy groups -OCH3 is 1. The van der Waals surface area contributed by atoms with Crippen LogP contribution in [0.25, 0.3) is 0 Å². The van der Waals surface area contributed by atoms with Crippen LogP contribution in [0.1, 0.15) is 25.3 Å². The molecule has 0 amide bonds. The first-order valence-electron chi connectivity index (χ1n) is 5.94. The Kier molecular flexibility index (Phi) is 3.54. The SMILES string of the molecule is COc1cccc2c1C(CON)CN2C(C)C. The normalized spacial score (nSPS) is 18.6. The molecule has 1 unspecified atom stereocenters. The van der Waals surface area contributed by atoms with Gasteiger partial charge in [0.15, 0.2) is 0 Å². The number of fused-ring (bicyclic) bond motifs is 1. The summed E-state index contributed by atoms with van der Waals surface area (Å²) in [4.78, 5) is 7.19. The molecular formula is C13H20N2O2. The number of benzene rings is 1. The highest BCUT2D eigenvalue weighted by atomic mass is 16.6. The summed E-state index contributed by atoms with van der Waals surface area (Å²) in [7, 11) is 1.70. The van der Waals surface area contributed by atoms with Crippen LogP contribution in [-0.2, 0) is 4.84 Å². The minimum absolute atomic E-state index is 0.286. The van der Waals surface area contributed by atoms with Crippen LogP contribution in [0.4, 0.5) is 5.69 Å². The lowest BCUT2D eigenvalue weighted by Gasteiger charge is -2.24. The van der Waals surface area contributed by atoms with E-state index in [1.165, 1.54) is 11.3 Å². The maximum Gasteiger partial charge on any atom is 0.124 e. The molecule has 4 nitrogen and oxygen atoms in total. The van der Waals surface area contributed by atoms with Gasteiger partial charge in [0, 0.05) is 29.8 Å². The molecule has 17 heavy (non-hydrogen) atoms. The average molecular weight is 236 g/mol. The molecule has 4 heteroatoms. The van der Waals surface area contributed by atoms with Gasteiger partial charge in [-0.3, -0.25) is 0 Å². The Morgan fingerprint density at radius 1 is 1.47 bits per heavy atom. The van der Waals surface area contributed by atoms with Crippen LogP contribution in [0.15, 0.2) is 18.2 Å². The van der Waals surface area contributed by atoms with E-state index < -0.39 is 0 Å². The Morgan fingerprint density at radius 2 is 2.24 bits per heavy atom. The summed E-state index contributed by atoms with van der Waals surface area (Å²) in [6.45, 7) is 5.84. The highest BCUT2D eigenvalue weighted by Gasteiger charge is 2.32. The van der Waals surface area contributed by atoms with Gasteiger partial charge in [0.05, 0.1) is 13.7 Å². The first kappa shape index (κ1) is 12.2. The maximum atomic E-state index is 5.44. The minimum Gasteiger partial charge on any atom is -0.496 e. The standard InChI is InChI=1S/C13H20N2O2/c1-9(2)15-7-10(8-17-14)13-11(15)5-4-6-12(13)16-3/h4-6,9-10H,7-8,14H2,1-3H3. The Labute approximate surface area is 102 Å². The van der Waals surface area contributed by atoms with Gasteiger partial charge >= 0.3 is 0 Å². The highest BCUT2D eigenvalue weighted by Crippen LogP contribution is 2.42. The molecule has 1 aliphatic rings. The molecule has 1 aromatic rings. The maximum absolute atomic E-state index is 5.44. The second kappa shape index (κ2) is 4.94. The zero-order chi connectivity index (χ0) is 12.4. The van der Waals surface area contributed by atoms with Gasteiger partial charge in [0.1, 0.15) is 5.75 Å². The molecule has 0 fully saturated rings. The second-order valence-corrected chi connectivity index (χ2v) is 4.67. The predicted molar refractivity (Wildman–Crippen MR) is 68.4 cm³/mol. The summed E-state index contributed by atoms with van der Waals surface area (Å²) in [6, 6.07) is 6.61. The van der Waals surface area contributed by atoms with Crippen LogP contribution < -0.4 is 15.5 Å². The third-order valence-corrected chi connectivity index (χ3v) is 3.32. The molecule has 1 aromatic carbocycles. The molecule has 0 aromatic heterocycles. The van der Waals surface area contributed by atoms with Crippen molar-refractivity contribution in [2.45, 2.75) is 25.8 Å². The monoisotopic (exact) mass is 236 g/mol. The molecule has 0 aliphatic carbocycles. The third kappa shape index (κ3) is 2.10. The molecule has 0 spiro atoms. The van der Waals surface area contributed by atoms with Crippen molar-refractivity contribution in [3.05, 3.63) is 23.8 Å². The van der Waals surface area contributed by atoms with Gasteiger partial charge in [0.2, 0.25) is 0 Å². The van der Waals surface area contributed by atoms with E-state index in [1.807, 2.05) is 12.1 Å². The average Bonchev–Trinajstić information content (AvgIpc) is 2.69. The van der Waals surface area contributed by atoms with Crippen molar-refractivity contribution in [2.24, 2.45) is 5.90 Å². The Morgan fingerprint density at radius 3 is 2.82 bits per heavy atom. The zero-order valence-electron chi connectivity index (χ0n) is 10.6. The van der Waals surface area contributed by atoms with Crippen molar-refractivity contribution < 1.29 is 9.57 Å². The van der Waals surface area contributed by atoms with E-state index in [9.17, 15) is 0 Å². The topological polar surface area (TPSA) is 47.7 Å². The number of anilines is 1. The van der Waals surface area contributed by atoms with Crippen molar-refractivity contribution in [1.29, 1.82) is 0 Å². The third-order valence-electron chi connectivity index (χ3n) is 3.32. The summed E-state index contributed by atoms with van der Waals surface area (Å²) >= 11 is 0. The van der Waals surface area contributed by atoms with Gasteiger partial charge in [-0.05, 0) is 26.0 Å². The van der Waals surface area contributed by atoms with Crippen molar-refractivity contribution in [3.63, 3.8) is 0 Å². The molecule has 2 N–H and O–H groups in total. The van der Waals surface area contributed by atoms with Crippen LogP contribution >= 0.6 is 0 Å². The number of hydrogen-bond donors (Lipinski definition) is 1. The molecule has 94 valence electrons. The van der Waals surface area contributed by atoms with E-state index in [-0.39, 0.29) is 5.92 Å². The molecule has 0 saturated heterocycles. The fourth-order valence-electron chi connectivity index (χ4n) is 2.54. The smallest absolute Gasteiger partial charge is 0.124 e. The van der Waals surface area contributed by atoms with Gasteiger partial charge in [-0.15, -0.1) is 0 Å². The first-order valence-corrected chi connectivity index (χ1v) is 5.94. The van der Waals surface area contributed by atoms with Crippen LogP contribution in [0.5, 0.6) is 5.75 Å². The molecule has 1 aliphatic heterocycles. The van der Waals surface area contributed by atoms with Gasteiger partial charge in [-0.25, -0.2) is 5.90 Å². The number of nitrogens with two attached hydrogens (primary N) is 1. The van der Waals surface area contributed by atoms with Gasteiger partial charge < -0.3 is 14.5 Å². The molecule has 0 saturated carbocycles. The Bertz CT molecular complexity index is 393. The minimum atomic E-state index is 0.286. The van der Waals surface area contributed by atoms with E-state index in [2.05, 4.69) is 24.8 Å². The van der Waals surface area contributed by atoms with Crippen molar-refractivity contribution in [2.75, 3.05) is 25.2 Å². The molecule has 2 rings (SSSR count). The van der Waals surface area contributed by atoms with Gasteiger partial charge in [-0.1, -0.05) is 6.07 Å².